The van der Waals surface area contributed by atoms with Gasteiger partial charge in [-0.25, -0.2) is 9.97 Å². The van der Waals surface area contributed by atoms with Gasteiger partial charge < -0.3 is 15.4 Å². The van der Waals surface area contributed by atoms with E-state index < -0.39 is 5.60 Å². The number of aromatic amines is 1. The third-order valence-corrected chi connectivity index (χ3v) is 6.13. The van der Waals surface area contributed by atoms with Crippen LogP contribution in [0, 0.1) is 29.1 Å². The van der Waals surface area contributed by atoms with Crippen LogP contribution in [0.15, 0.2) is 12.5 Å². The second kappa shape index (κ2) is 4.45. The van der Waals surface area contributed by atoms with Gasteiger partial charge in [-0.15, -0.1) is 0 Å². The fraction of sp³-hybridized carbons (Fsp3) is 0.588. The monoisotopic (exact) mass is 309 g/mol. The van der Waals surface area contributed by atoms with E-state index in [0.29, 0.717) is 35.0 Å². The Labute approximate surface area is 133 Å². The summed E-state index contributed by atoms with van der Waals surface area (Å²) in [5.74, 6) is 1.66. The van der Waals surface area contributed by atoms with Crippen LogP contribution >= 0.6 is 0 Å². The molecule has 0 amide bonds. The number of imidazole rings is 1. The summed E-state index contributed by atoms with van der Waals surface area (Å²) < 4.78 is 0. The average Bonchev–Trinajstić information content (AvgIpc) is 2.98. The van der Waals surface area contributed by atoms with Gasteiger partial charge in [0, 0.05) is 12.2 Å². The number of rotatable bonds is 2. The molecule has 6 heteroatoms. The van der Waals surface area contributed by atoms with Crippen LogP contribution in [-0.2, 0) is 0 Å². The standard InChI is InChI=1S/C17H19N5O/c18-6-12-7-19-16-15(20-8-21-16)14(12)22-13-10-1-9-2-11(13)5-17(23,3-9)4-10/h7-11,13,23H,1-5H2,(H2,19,20,21,22). The maximum Gasteiger partial charge on any atom is 0.179 e. The number of nitrogens with one attached hydrogen (secondary N) is 2. The molecule has 2 aromatic rings. The van der Waals surface area contributed by atoms with Gasteiger partial charge in [0.15, 0.2) is 5.65 Å². The topological polar surface area (TPSA) is 97.6 Å². The molecule has 4 fully saturated rings. The predicted octanol–water partition coefficient (Wildman–Crippen LogP) is 2.18. The largest absolute Gasteiger partial charge is 0.390 e. The Morgan fingerprint density at radius 1 is 1.26 bits per heavy atom. The van der Waals surface area contributed by atoms with Gasteiger partial charge in [0.25, 0.3) is 0 Å². The Bertz CT molecular complexity index is 806. The number of aliphatic hydroxyl groups is 1. The van der Waals surface area contributed by atoms with E-state index in [0.717, 1.165) is 30.5 Å². The van der Waals surface area contributed by atoms with E-state index in [9.17, 15) is 10.4 Å². The van der Waals surface area contributed by atoms with Crippen LogP contribution in [0.3, 0.4) is 0 Å². The average molecular weight is 309 g/mol. The van der Waals surface area contributed by atoms with E-state index >= 15 is 0 Å². The Morgan fingerprint density at radius 2 is 2.04 bits per heavy atom. The van der Waals surface area contributed by atoms with Crippen LogP contribution in [0.4, 0.5) is 5.69 Å². The molecule has 118 valence electrons. The SMILES string of the molecule is N#Cc1cnc2nc[nH]c2c1NC1C2CC3CC1CC(O)(C3)C2. The van der Waals surface area contributed by atoms with Crippen LogP contribution in [0.5, 0.6) is 0 Å². The summed E-state index contributed by atoms with van der Waals surface area (Å²) in [6.45, 7) is 0. The third-order valence-electron chi connectivity index (χ3n) is 6.13. The number of fused-ring (bicyclic) bond motifs is 1. The fourth-order valence-electron chi connectivity index (χ4n) is 5.51. The molecule has 6 rings (SSSR count). The summed E-state index contributed by atoms with van der Waals surface area (Å²) >= 11 is 0. The third kappa shape index (κ3) is 1.89. The van der Waals surface area contributed by atoms with Gasteiger partial charge in [-0.1, -0.05) is 0 Å². The maximum atomic E-state index is 10.7. The zero-order valence-electron chi connectivity index (χ0n) is 12.8. The molecule has 2 unspecified atom stereocenters. The second-order valence-corrected chi connectivity index (χ2v) is 7.62. The maximum absolute atomic E-state index is 10.7. The normalized spacial score (nSPS) is 37.9. The van der Waals surface area contributed by atoms with Gasteiger partial charge >= 0.3 is 0 Å². The Morgan fingerprint density at radius 3 is 2.74 bits per heavy atom. The van der Waals surface area contributed by atoms with Gasteiger partial charge in [0.2, 0.25) is 0 Å². The molecular formula is C17H19N5O. The first-order chi connectivity index (χ1) is 11.1. The highest BCUT2D eigenvalue weighted by Gasteiger charge is 2.54. The van der Waals surface area contributed by atoms with Gasteiger partial charge in [0.05, 0.1) is 23.2 Å². The van der Waals surface area contributed by atoms with E-state index in [1.54, 1.807) is 12.5 Å². The van der Waals surface area contributed by atoms with Crippen LogP contribution in [-0.4, -0.2) is 31.7 Å². The molecule has 0 radical (unpaired) electrons. The summed E-state index contributed by atoms with van der Waals surface area (Å²) in [5.41, 5.74) is 2.37. The van der Waals surface area contributed by atoms with Crippen molar-refractivity contribution in [2.45, 2.75) is 43.7 Å². The molecule has 4 aliphatic rings. The summed E-state index contributed by atoms with van der Waals surface area (Å²) in [5, 5.41) is 23.8. The van der Waals surface area contributed by atoms with Gasteiger partial charge in [-0.3, -0.25) is 0 Å². The molecule has 4 aliphatic carbocycles. The number of aromatic nitrogens is 3. The molecule has 0 aliphatic heterocycles. The highest BCUT2D eigenvalue weighted by molar-refractivity contribution is 5.88. The van der Waals surface area contributed by atoms with Crippen molar-refractivity contribution < 1.29 is 5.11 Å². The van der Waals surface area contributed by atoms with E-state index in [-0.39, 0.29) is 0 Å². The molecule has 2 atom stereocenters. The molecule has 23 heavy (non-hydrogen) atoms. The van der Waals surface area contributed by atoms with Crippen LogP contribution < -0.4 is 5.32 Å². The molecule has 2 aromatic heterocycles. The number of hydrogen-bond acceptors (Lipinski definition) is 5. The lowest BCUT2D eigenvalue weighted by Gasteiger charge is -2.58. The van der Waals surface area contributed by atoms with Crippen molar-refractivity contribution >= 4 is 16.9 Å². The number of H-pyrrole nitrogens is 1. The summed E-state index contributed by atoms with van der Waals surface area (Å²) in [6, 6.07) is 2.56. The molecule has 6 nitrogen and oxygen atoms in total. The lowest BCUT2D eigenvalue weighted by Crippen LogP contribution is -2.59. The summed E-state index contributed by atoms with van der Waals surface area (Å²) in [4.78, 5) is 11.5. The first-order valence-electron chi connectivity index (χ1n) is 8.36. The molecular weight excluding hydrogens is 290 g/mol. The van der Waals surface area contributed by atoms with Gasteiger partial charge in [-0.2, -0.15) is 5.26 Å². The predicted molar refractivity (Wildman–Crippen MR) is 84.5 cm³/mol. The Kier molecular flexibility index (Phi) is 2.58. The molecule has 0 saturated heterocycles. The van der Waals surface area contributed by atoms with E-state index in [4.69, 9.17) is 0 Å². The van der Waals surface area contributed by atoms with Crippen LogP contribution in [0.2, 0.25) is 0 Å². The first kappa shape index (κ1) is 13.3. The molecule has 0 aromatic carbocycles. The fourth-order valence-corrected chi connectivity index (χ4v) is 5.51. The number of nitriles is 1. The summed E-state index contributed by atoms with van der Waals surface area (Å²) in [6.07, 6.45) is 8.34. The quantitative estimate of drug-likeness (QED) is 0.790. The minimum absolute atomic E-state index is 0.327. The van der Waals surface area contributed by atoms with Gasteiger partial charge in [0.1, 0.15) is 11.6 Å². The number of pyridine rings is 1. The van der Waals surface area contributed by atoms with Crippen LogP contribution in [0.1, 0.15) is 37.7 Å². The molecule has 3 N–H and O–H groups in total. The van der Waals surface area contributed by atoms with Crippen molar-refractivity contribution in [2.75, 3.05) is 5.32 Å². The van der Waals surface area contributed by atoms with Crippen molar-refractivity contribution in [1.29, 1.82) is 5.26 Å². The number of nitrogens with zero attached hydrogens (tertiary/aromatic N) is 3. The molecule has 4 saturated carbocycles. The number of anilines is 1. The highest BCUT2D eigenvalue weighted by atomic mass is 16.3. The summed E-state index contributed by atoms with van der Waals surface area (Å²) in [7, 11) is 0. The second-order valence-electron chi connectivity index (χ2n) is 7.62. The zero-order valence-corrected chi connectivity index (χ0v) is 12.8. The van der Waals surface area contributed by atoms with E-state index in [2.05, 4.69) is 26.3 Å². The molecule has 2 heterocycles. The van der Waals surface area contributed by atoms with Crippen molar-refractivity contribution in [1.82, 2.24) is 15.0 Å². The zero-order chi connectivity index (χ0) is 15.6. The molecule has 0 spiro atoms. The Hall–Kier alpha value is -2.13. The van der Waals surface area contributed by atoms with E-state index in [1.165, 1.54) is 12.8 Å². The Balaban J connectivity index is 1.53. The van der Waals surface area contributed by atoms with Crippen molar-refractivity contribution in [2.24, 2.45) is 17.8 Å². The lowest BCUT2D eigenvalue weighted by atomic mass is 9.52. The minimum Gasteiger partial charge on any atom is -0.390 e. The molecule has 4 bridgehead atoms. The first-order valence-corrected chi connectivity index (χ1v) is 8.36. The minimum atomic E-state index is -0.436. The van der Waals surface area contributed by atoms with Crippen molar-refractivity contribution in [3.05, 3.63) is 18.1 Å². The van der Waals surface area contributed by atoms with E-state index in [1.807, 2.05) is 0 Å². The lowest BCUT2D eigenvalue weighted by molar-refractivity contribution is -0.129. The van der Waals surface area contributed by atoms with Gasteiger partial charge in [-0.05, 0) is 49.9 Å². The highest BCUT2D eigenvalue weighted by Crippen LogP contribution is 2.56. The smallest absolute Gasteiger partial charge is 0.179 e. The number of hydrogen-bond donors (Lipinski definition) is 3. The van der Waals surface area contributed by atoms with Crippen molar-refractivity contribution in [3.8, 4) is 6.07 Å². The van der Waals surface area contributed by atoms with Crippen LogP contribution in [0.25, 0.3) is 11.2 Å². The van der Waals surface area contributed by atoms with Crippen molar-refractivity contribution in [3.63, 3.8) is 0 Å².